The summed E-state index contributed by atoms with van der Waals surface area (Å²) >= 11 is 0. The van der Waals surface area contributed by atoms with Crippen molar-refractivity contribution in [3.05, 3.63) is 88.9 Å². The third kappa shape index (κ3) is 2.51. The van der Waals surface area contributed by atoms with E-state index in [1.165, 1.54) is 24.3 Å². The molecule has 0 fully saturated rings. The third-order valence-corrected chi connectivity index (χ3v) is 4.54. The lowest BCUT2D eigenvalue weighted by atomic mass is 9.65. The Balaban J connectivity index is 2.30. The van der Waals surface area contributed by atoms with E-state index in [1.807, 2.05) is 48.5 Å². The molecule has 1 unspecified atom stereocenters. The van der Waals surface area contributed by atoms with E-state index in [-0.39, 0.29) is 11.3 Å². The average Bonchev–Trinajstić information content (AvgIpc) is 2.69. The van der Waals surface area contributed by atoms with E-state index in [9.17, 15) is 20.2 Å². The number of allylic oxidation sites excluding steroid dienone is 4. The van der Waals surface area contributed by atoms with Crippen LogP contribution >= 0.6 is 0 Å². The van der Waals surface area contributed by atoms with Crippen molar-refractivity contribution in [3.8, 4) is 18.2 Å². The molecule has 3 rings (SSSR count). The van der Waals surface area contributed by atoms with Gasteiger partial charge in [-0.15, -0.1) is 0 Å². The van der Waals surface area contributed by atoms with Gasteiger partial charge < -0.3 is 5.73 Å². The minimum Gasteiger partial charge on any atom is -0.399 e. The molecule has 0 aromatic heterocycles. The van der Waals surface area contributed by atoms with Gasteiger partial charge in [-0.25, -0.2) is 4.39 Å². The fourth-order valence-electron chi connectivity index (χ4n) is 3.16. The van der Waals surface area contributed by atoms with Gasteiger partial charge in [-0.1, -0.05) is 48.5 Å². The molecule has 2 aromatic rings. The minimum atomic E-state index is -1.73. The first-order chi connectivity index (χ1) is 12.6. The number of hydrogen-bond donors (Lipinski definition) is 1. The van der Waals surface area contributed by atoms with Crippen LogP contribution in [0.3, 0.4) is 0 Å². The quantitative estimate of drug-likeness (QED) is 0.899. The first-order valence-corrected chi connectivity index (χ1v) is 7.83. The third-order valence-electron chi connectivity index (χ3n) is 4.54. The van der Waals surface area contributed by atoms with Gasteiger partial charge in [0.05, 0.1) is 23.4 Å². The molecule has 124 valence electrons. The summed E-state index contributed by atoms with van der Waals surface area (Å²) in [4.78, 5) is 0. The number of nitrogens with two attached hydrogens (primary N) is 1. The molecule has 4 nitrogen and oxygen atoms in total. The number of nitriles is 3. The summed E-state index contributed by atoms with van der Waals surface area (Å²) < 4.78 is 13.3. The monoisotopic (exact) mass is 340 g/mol. The Labute approximate surface area is 150 Å². The van der Waals surface area contributed by atoms with Crippen LogP contribution in [0, 0.1) is 45.2 Å². The van der Waals surface area contributed by atoms with Crippen LogP contribution in [0.5, 0.6) is 0 Å². The molecule has 0 radical (unpaired) electrons. The van der Waals surface area contributed by atoms with Crippen LogP contribution < -0.4 is 5.73 Å². The van der Waals surface area contributed by atoms with Crippen molar-refractivity contribution in [2.24, 2.45) is 11.1 Å². The van der Waals surface area contributed by atoms with E-state index >= 15 is 0 Å². The predicted octanol–water partition coefficient (Wildman–Crippen LogP) is 3.78. The van der Waals surface area contributed by atoms with Crippen LogP contribution in [0.1, 0.15) is 17.0 Å². The fourth-order valence-corrected chi connectivity index (χ4v) is 3.16. The summed E-state index contributed by atoms with van der Waals surface area (Å²) in [6.45, 7) is 0. The predicted molar refractivity (Wildman–Crippen MR) is 94.0 cm³/mol. The van der Waals surface area contributed by atoms with E-state index in [0.717, 1.165) is 5.56 Å². The molecule has 0 bridgehead atoms. The van der Waals surface area contributed by atoms with Crippen LogP contribution in [0.4, 0.5) is 4.39 Å². The molecule has 0 amide bonds. The van der Waals surface area contributed by atoms with Crippen molar-refractivity contribution in [1.29, 1.82) is 15.8 Å². The second kappa shape index (κ2) is 6.55. The number of benzene rings is 2. The van der Waals surface area contributed by atoms with Crippen molar-refractivity contribution in [3.63, 3.8) is 0 Å². The standard InChI is InChI=1S/C21H13FN4/c22-16-8-6-15(7-9-16)19-10-17(14-4-2-1-3-5-14)18(11-23)20(26)21(19,12-24)13-25/h1-10,19H,26H2. The molecular weight excluding hydrogens is 327 g/mol. The Morgan fingerprint density at radius 2 is 1.54 bits per heavy atom. The maximum absolute atomic E-state index is 13.3. The van der Waals surface area contributed by atoms with Crippen LogP contribution in [0.15, 0.2) is 71.9 Å². The molecule has 0 saturated carbocycles. The van der Waals surface area contributed by atoms with E-state index in [4.69, 9.17) is 5.73 Å². The molecule has 0 aliphatic heterocycles. The van der Waals surface area contributed by atoms with Crippen molar-refractivity contribution in [1.82, 2.24) is 0 Å². The summed E-state index contributed by atoms with van der Waals surface area (Å²) in [5.41, 5.74) is 6.35. The van der Waals surface area contributed by atoms with E-state index in [1.54, 1.807) is 6.08 Å². The first-order valence-electron chi connectivity index (χ1n) is 7.83. The highest BCUT2D eigenvalue weighted by Crippen LogP contribution is 2.48. The fraction of sp³-hybridized carbons (Fsp3) is 0.0952. The van der Waals surface area contributed by atoms with E-state index < -0.39 is 17.2 Å². The van der Waals surface area contributed by atoms with Crippen LogP contribution in [0.2, 0.25) is 0 Å². The summed E-state index contributed by atoms with van der Waals surface area (Å²) in [5, 5.41) is 29.2. The van der Waals surface area contributed by atoms with Crippen LogP contribution in [0.25, 0.3) is 5.57 Å². The lowest BCUT2D eigenvalue weighted by Gasteiger charge is -2.33. The highest BCUT2D eigenvalue weighted by atomic mass is 19.1. The molecule has 26 heavy (non-hydrogen) atoms. The summed E-state index contributed by atoms with van der Waals surface area (Å²) in [5.74, 6) is -1.15. The number of halogens is 1. The second-order valence-corrected chi connectivity index (χ2v) is 5.91. The topological polar surface area (TPSA) is 97.4 Å². The second-order valence-electron chi connectivity index (χ2n) is 5.91. The average molecular weight is 340 g/mol. The van der Waals surface area contributed by atoms with Gasteiger partial charge in [0.1, 0.15) is 11.9 Å². The van der Waals surface area contributed by atoms with Crippen molar-refractivity contribution in [2.45, 2.75) is 5.92 Å². The van der Waals surface area contributed by atoms with Crippen molar-refractivity contribution < 1.29 is 4.39 Å². The number of rotatable bonds is 2. The smallest absolute Gasteiger partial charge is 0.194 e. The molecule has 0 spiro atoms. The Morgan fingerprint density at radius 3 is 2.08 bits per heavy atom. The number of nitrogens with zero attached hydrogens (tertiary/aromatic N) is 3. The van der Waals surface area contributed by atoms with Gasteiger partial charge in [0.25, 0.3) is 0 Å². The molecule has 0 heterocycles. The Morgan fingerprint density at radius 1 is 0.923 bits per heavy atom. The highest BCUT2D eigenvalue weighted by molar-refractivity contribution is 5.87. The van der Waals surface area contributed by atoms with Gasteiger partial charge in [-0.3, -0.25) is 0 Å². The Bertz CT molecular complexity index is 1010. The molecule has 1 atom stereocenters. The normalized spacial score (nSPS) is 18.2. The zero-order chi connectivity index (χ0) is 18.7. The van der Waals surface area contributed by atoms with Gasteiger partial charge in [-0.05, 0) is 28.8 Å². The SMILES string of the molecule is N#CC1=C(N)C(C#N)(C#N)C(c2ccc(F)cc2)C=C1c1ccccc1. The van der Waals surface area contributed by atoms with Gasteiger partial charge >= 0.3 is 0 Å². The lowest BCUT2D eigenvalue weighted by Crippen LogP contribution is -2.35. The first kappa shape index (κ1) is 17.0. The van der Waals surface area contributed by atoms with E-state index in [0.29, 0.717) is 11.1 Å². The zero-order valence-electron chi connectivity index (χ0n) is 13.6. The maximum atomic E-state index is 13.3. The molecule has 5 heteroatoms. The maximum Gasteiger partial charge on any atom is 0.194 e. The molecule has 1 aliphatic carbocycles. The molecule has 1 aliphatic rings. The van der Waals surface area contributed by atoms with Crippen LogP contribution in [-0.2, 0) is 0 Å². The van der Waals surface area contributed by atoms with Gasteiger partial charge in [0, 0.05) is 5.92 Å². The van der Waals surface area contributed by atoms with Gasteiger partial charge in [-0.2, -0.15) is 15.8 Å². The van der Waals surface area contributed by atoms with Crippen molar-refractivity contribution in [2.75, 3.05) is 0 Å². The Kier molecular flexibility index (Phi) is 4.27. The molecule has 2 N–H and O–H groups in total. The summed E-state index contributed by atoms with van der Waals surface area (Å²) in [6, 6.07) is 20.7. The number of hydrogen-bond acceptors (Lipinski definition) is 4. The molecule has 2 aromatic carbocycles. The minimum absolute atomic E-state index is 0.0827. The van der Waals surface area contributed by atoms with E-state index in [2.05, 4.69) is 0 Å². The summed E-state index contributed by atoms with van der Waals surface area (Å²) in [6.07, 6.45) is 1.70. The highest BCUT2D eigenvalue weighted by Gasteiger charge is 2.47. The zero-order valence-corrected chi connectivity index (χ0v) is 13.6. The summed E-state index contributed by atoms with van der Waals surface area (Å²) in [7, 11) is 0. The van der Waals surface area contributed by atoms with Gasteiger partial charge in [0.2, 0.25) is 0 Å². The molecular formula is C21H13FN4. The Hall–Kier alpha value is -3.88. The van der Waals surface area contributed by atoms with Crippen LogP contribution in [-0.4, -0.2) is 0 Å². The van der Waals surface area contributed by atoms with Crippen molar-refractivity contribution >= 4 is 5.57 Å². The lowest BCUT2D eigenvalue weighted by molar-refractivity contribution is 0.532. The van der Waals surface area contributed by atoms with Gasteiger partial charge in [0.15, 0.2) is 5.41 Å². The largest absolute Gasteiger partial charge is 0.399 e. The molecule has 0 saturated heterocycles.